The number of benzene rings is 1. The van der Waals surface area contributed by atoms with Crippen LogP contribution in [-0.2, 0) is 24.3 Å². The minimum Gasteiger partial charge on any atom is -0.478 e. The van der Waals surface area contributed by atoms with Gasteiger partial charge in [0.05, 0.1) is 23.6 Å². The average molecular weight is 444 g/mol. The topological polar surface area (TPSA) is 182 Å². The first-order valence-corrected chi connectivity index (χ1v) is 10.4. The number of hydrogen-bond acceptors (Lipinski definition) is 8. The van der Waals surface area contributed by atoms with Gasteiger partial charge in [-0.3, -0.25) is 4.79 Å². The molecule has 0 saturated heterocycles. The molecule has 1 aliphatic rings. The second kappa shape index (κ2) is 9.53. The van der Waals surface area contributed by atoms with Crippen LogP contribution in [0.4, 0.5) is 0 Å². The summed E-state index contributed by atoms with van der Waals surface area (Å²) in [7, 11) is -4.17. The number of ether oxygens (including phenoxy) is 1. The number of hydrogen-bond donors (Lipinski definition) is 6. The number of sulfonamides is 1. The largest absolute Gasteiger partial charge is 0.478 e. The van der Waals surface area contributed by atoms with Gasteiger partial charge in [-0.05, 0) is 24.6 Å². The summed E-state index contributed by atoms with van der Waals surface area (Å²) in [4.78, 5) is 23.1. The lowest BCUT2D eigenvalue weighted by Gasteiger charge is -2.40. The molecule has 1 aromatic carbocycles. The predicted octanol–water partition coefficient (Wildman–Crippen LogP) is -1.77. The molecule has 0 spiro atoms. The van der Waals surface area contributed by atoms with Gasteiger partial charge in [0.25, 0.3) is 0 Å². The summed E-state index contributed by atoms with van der Waals surface area (Å²) in [5.74, 6) is -2.86. The van der Waals surface area contributed by atoms with Crippen molar-refractivity contribution < 1.29 is 43.2 Å². The van der Waals surface area contributed by atoms with E-state index in [2.05, 4.69) is 10.0 Å². The molecular formula is C18H24N2O9S. The standard InChI is InChI=1S/C18H24N2O9S/c1-9-5-3-4-6-14(9)30(27,28)20-11-7-13(18(25)26)29-17(15(11)19-10(2)22)16(24)12(23)8-21/h3-7,11-12,15-17,20-21,23-24H,8H2,1-2H3,(H,19,22)(H,25,26)/t11-,12+,15+,16+,17+/m0/s1. The fourth-order valence-corrected chi connectivity index (χ4v) is 4.53. The Morgan fingerprint density at radius 1 is 1.23 bits per heavy atom. The van der Waals surface area contributed by atoms with E-state index >= 15 is 0 Å². The van der Waals surface area contributed by atoms with E-state index in [0.717, 1.165) is 13.0 Å². The van der Waals surface area contributed by atoms with Gasteiger partial charge in [0.15, 0.2) is 0 Å². The smallest absolute Gasteiger partial charge is 0.370 e. The minimum absolute atomic E-state index is 0.0594. The van der Waals surface area contributed by atoms with Gasteiger partial charge >= 0.3 is 5.97 Å². The molecule has 30 heavy (non-hydrogen) atoms. The maximum atomic E-state index is 12.9. The van der Waals surface area contributed by atoms with Gasteiger partial charge in [-0.1, -0.05) is 18.2 Å². The normalized spacial score (nSPS) is 23.6. The van der Waals surface area contributed by atoms with Crippen molar-refractivity contribution in [2.45, 2.75) is 49.1 Å². The molecule has 11 nitrogen and oxygen atoms in total. The SMILES string of the molecule is CC(=O)N[C@H]1[C@H]([C@H](O)[C@H](O)CO)OC(C(=O)O)=C[C@@H]1NS(=O)(=O)c1ccccc1C. The Kier molecular flexibility index (Phi) is 7.55. The summed E-state index contributed by atoms with van der Waals surface area (Å²) in [6.07, 6.45) is -4.18. The molecule has 6 N–H and O–H groups in total. The summed E-state index contributed by atoms with van der Waals surface area (Å²) in [5.41, 5.74) is 0.433. The number of carboxylic acids is 1. The summed E-state index contributed by atoms with van der Waals surface area (Å²) in [5, 5.41) is 41.0. The van der Waals surface area contributed by atoms with Crippen LogP contribution < -0.4 is 10.0 Å². The number of amides is 1. The lowest BCUT2D eigenvalue weighted by Crippen LogP contribution is -2.63. The second-order valence-electron chi connectivity index (χ2n) is 6.80. The molecule has 166 valence electrons. The zero-order valence-electron chi connectivity index (χ0n) is 16.2. The molecular weight excluding hydrogens is 420 g/mol. The molecule has 2 rings (SSSR count). The molecule has 0 aliphatic carbocycles. The molecule has 0 fully saturated rings. The van der Waals surface area contributed by atoms with Gasteiger partial charge in [-0.15, -0.1) is 0 Å². The molecule has 0 unspecified atom stereocenters. The number of aryl methyl sites for hydroxylation is 1. The number of nitrogens with one attached hydrogen (secondary N) is 2. The number of aliphatic carboxylic acids is 1. The highest BCUT2D eigenvalue weighted by Crippen LogP contribution is 2.25. The maximum absolute atomic E-state index is 12.9. The van der Waals surface area contributed by atoms with Crippen LogP contribution in [0.15, 0.2) is 41.0 Å². The Hall–Kier alpha value is -2.51. The van der Waals surface area contributed by atoms with Crippen molar-refractivity contribution in [3.63, 3.8) is 0 Å². The monoisotopic (exact) mass is 444 g/mol. The highest BCUT2D eigenvalue weighted by Gasteiger charge is 2.44. The average Bonchev–Trinajstić information content (AvgIpc) is 2.67. The van der Waals surface area contributed by atoms with E-state index in [0.29, 0.717) is 5.56 Å². The van der Waals surface area contributed by atoms with E-state index in [1.54, 1.807) is 19.1 Å². The van der Waals surface area contributed by atoms with Gasteiger partial charge in [-0.25, -0.2) is 17.9 Å². The number of aliphatic hydroxyl groups is 3. The van der Waals surface area contributed by atoms with Crippen molar-refractivity contribution in [3.8, 4) is 0 Å². The van der Waals surface area contributed by atoms with Gasteiger partial charge in [-0.2, -0.15) is 0 Å². The van der Waals surface area contributed by atoms with E-state index in [9.17, 15) is 33.3 Å². The summed E-state index contributed by atoms with van der Waals surface area (Å²) in [6.45, 7) is 1.83. The highest BCUT2D eigenvalue weighted by molar-refractivity contribution is 7.89. The Morgan fingerprint density at radius 3 is 2.40 bits per heavy atom. The Bertz CT molecular complexity index is 931. The molecule has 1 amide bonds. The van der Waals surface area contributed by atoms with Crippen molar-refractivity contribution in [1.29, 1.82) is 0 Å². The van der Waals surface area contributed by atoms with E-state index in [-0.39, 0.29) is 4.90 Å². The van der Waals surface area contributed by atoms with Gasteiger partial charge < -0.3 is 30.5 Å². The first-order valence-electron chi connectivity index (χ1n) is 8.91. The number of carboxylic acid groups (broad SMARTS) is 1. The maximum Gasteiger partial charge on any atom is 0.370 e. The van der Waals surface area contributed by atoms with Crippen LogP contribution in [0.3, 0.4) is 0 Å². The lowest BCUT2D eigenvalue weighted by atomic mass is 9.92. The van der Waals surface area contributed by atoms with Crippen LogP contribution in [0, 0.1) is 6.92 Å². The number of aliphatic hydroxyl groups excluding tert-OH is 3. The fourth-order valence-electron chi connectivity index (χ4n) is 3.08. The summed E-state index contributed by atoms with van der Waals surface area (Å²) in [6, 6.07) is 3.46. The Labute approximate surface area is 173 Å². The van der Waals surface area contributed by atoms with Gasteiger partial charge in [0.1, 0.15) is 18.3 Å². The van der Waals surface area contributed by atoms with E-state index in [1.807, 2.05) is 0 Å². The molecule has 1 heterocycles. The third-order valence-electron chi connectivity index (χ3n) is 4.51. The molecule has 12 heteroatoms. The Morgan fingerprint density at radius 2 is 1.87 bits per heavy atom. The predicted molar refractivity (Wildman–Crippen MR) is 103 cm³/mol. The Balaban J connectivity index is 2.51. The fraction of sp³-hybridized carbons (Fsp3) is 0.444. The molecule has 1 aliphatic heterocycles. The highest BCUT2D eigenvalue weighted by atomic mass is 32.2. The van der Waals surface area contributed by atoms with Crippen LogP contribution in [0.5, 0.6) is 0 Å². The van der Waals surface area contributed by atoms with Crippen LogP contribution >= 0.6 is 0 Å². The van der Waals surface area contributed by atoms with Crippen molar-refractivity contribution in [1.82, 2.24) is 10.0 Å². The molecule has 0 radical (unpaired) electrons. The zero-order valence-corrected chi connectivity index (χ0v) is 17.0. The van der Waals surface area contributed by atoms with Crippen LogP contribution in [0.1, 0.15) is 12.5 Å². The van der Waals surface area contributed by atoms with Crippen molar-refractivity contribution >= 4 is 21.9 Å². The number of carbonyl (C=O) groups excluding carboxylic acids is 1. The third kappa shape index (κ3) is 5.34. The first-order chi connectivity index (χ1) is 14.0. The van der Waals surface area contributed by atoms with Crippen LogP contribution in [-0.4, -0.2) is 77.7 Å². The summed E-state index contributed by atoms with van der Waals surface area (Å²) < 4.78 is 33.3. The van der Waals surface area contributed by atoms with Crippen molar-refractivity contribution in [2.24, 2.45) is 0 Å². The van der Waals surface area contributed by atoms with Crippen molar-refractivity contribution in [3.05, 3.63) is 41.7 Å². The third-order valence-corrected chi connectivity index (χ3v) is 6.13. The van der Waals surface area contributed by atoms with E-state index in [4.69, 9.17) is 9.84 Å². The van der Waals surface area contributed by atoms with Crippen molar-refractivity contribution in [2.75, 3.05) is 6.61 Å². The first kappa shape index (κ1) is 23.8. The van der Waals surface area contributed by atoms with E-state index in [1.165, 1.54) is 12.1 Å². The number of rotatable bonds is 8. The van der Waals surface area contributed by atoms with Gasteiger partial charge in [0, 0.05) is 6.92 Å². The van der Waals surface area contributed by atoms with Gasteiger partial charge in [0.2, 0.25) is 21.7 Å². The molecule has 1 aromatic rings. The molecule has 0 aromatic heterocycles. The van der Waals surface area contributed by atoms with Crippen LogP contribution in [0.2, 0.25) is 0 Å². The number of carbonyl (C=O) groups is 2. The van der Waals surface area contributed by atoms with E-state index < -0.39 is 64.7 Å². The molecule has 5 atom stereocenters. The molecule has 0 saturated carbocycles. The van der Waals surface area contributed by atoms with Crippen LogP contribution in [0.25, 0.3) is 0 Å². The lowest BCUT2D eigenvalue weighted by molar-refractivity contribution is -0.146. The quantitative estimate of drug-likeness (QED) is 0.270. The zero-order chi connectivity index (χ0) is 22.6. The second-order valence-corrected chi connectivity index (χ2v) is 8.48. The molecule has 0 bridgehead atoms. The summed E-state index contributed by atoms with van der Waals surface area (Å²) >= 11 is 0. The minimum atomic E-state index is -4.17.